The second kappa shape index (κ2) is 8.78. The number of rotatable bonds is 6. The van der Waals surface area contributed by atoms with Crippen molar-refractivity contribution in [3.63, 3.8) is 0 Å². The van der Waals surface area contributed by atoms with Crippen LogP contribution >= 0.6 is 0 Å². The molecule has 2 aliphatic heterocycles. The Hall–Kier alpha value is -3.52. The summed E-state index contributed by atoms with van der Waals surface area (Å²) in [6.45, 7) is 8.29. The number of carbonyl (C=O) groups excluding carboxylic acids is 2. The van der Waals surface area contributed by atoms with Crippen molar-refractivity contribution < 1.29 is 14.2 Å². The fourth-order valence-corrected chi connectivity index (χ4v) is 4.55. The highest BCUT2D eigenvalue weighted by Gasteiger charge is 2.39. The van der Waals surface area contributed by atoms with Gasteiger partial charge >= 0.3 is 0 Å². The van der Waals surface area contributed by atoms with Crippen molar-refractivity contribution in [2.45, 2.75) is 33.4 Å². The van der Waals surface area contributed by atoms with Crippen LogP contribution in [0.15, 0.2) is 47.1 Å². The molecule has 2 aromatic carbocycles. The maximum absolute atomic E-state index is 13.3. The van der Waals surface area contributed by atoms with Gasteiger partial charge in [-0.25, -0.2) is 4.63 Å². The first-order valence-electron chi connectivity index (χ1n) is 11.4. The van der Waals surface area contributed by atoms with Gasteiger partial charge in [0.1, 0.15) is 11.4 Å². The highest BCUT2D eigenvalue weighted by atomic mass is 16.6. The van der Waals surface area contributed by atoms with Gasteiger partial charge in [0.2, 0.25) is 0 Å². The molecule has 1 fully saturated rings. The highest BCUT2D eigenvalue weighted by molar-refractivity contribution is 6.23. The van der Waals surface area contributed by atoms with E-state index in [0.717, 1.165) is 44.8 Å². The third-order valence-electron chi connectivity index (χ3n) is 6.58. The molecule has 0 spiro atoms. The maximum Gasteiger partial charge on any atom is 0.264 e. The lowest BCUT2D eigenvalue weighted by Crippen LogP contribution is -2.46. The normalized spacial score (nSPS) is 16.5. The molecule has 170 valence electrons. The van der Waals surface area contributed by atoms with E-state index in [0.29, 0.717) is 22.5 Å². The summed E-state index contributed by atoms with van der Waals surface area (Å²) >= 11 is 0. The molecule has 0 N–H and O–H groups in total. The van der Waals surface area contributed by atoms with E-state index in [1.807, 2.05) is 12.1 Å². The van der Waals surface area contributed by atoms with Crippen molar-refractivity contribution in [2.75, 3.05) is 31.1 Å². The quantitative estimate of drug-likeness (QED) is 0.539. The molecule has 1 aromatic heterocycles. The zero-order valence-electron chi connectivity index (χ0n) is 19.0. The van der Waals surface area contributed by atoms with Crippen molar-refractivity contribution in [3.05, 3.63) is 76.1 Å². The van der Waals surface area contributed by atoms with Gasteiger partial charge in [-0.15, -0.1) is 0 Å². The maximum atomic E-state index is 13.3. The lowest BCUT2D eigenvalue weighted by molar-refractivity contribution is 0.0639. The van der Waals surface area contributed by atoms with E-state index in [4.69, 9.17) is 4.63 Å². The zero-order chi connectivity index (χ0) is 22.9. The Labute approximate surface area is 192 Å². The molecule has 33 heavy (non-hydrogen) atoms. The van der Waals surface area contributed by atoms with Crippen LogP contribution in [0, 0.1) is 6.92 Å². The molecule has 0 saturated carbocycles. The van der Waals surface area contributed by atoms with Crippen LogP contribution in [-0.4, -0.2) is 58.1 Å². The third-order valence-corrected chi connectivity index (χ3v) is 6.58. The van der Waals surface area contributed by atoms with Crippen LogP contribution < -0.4 is 4.90 Å². The van der Waals surface area contributed by atoms with Gasteiger partial charge in [-0.2, -0.15) is 0 Å². The number of benzene rings is 2. The first-order chi connectivity index (χ1) is 16.0. The summed E-state index contributed by atoms with van der Waals surface area (Å²) in [6, 6.07) is 14.3. The van der Waals surface area contributed by atoms with Crippen LogP contribution in [-0.2, 0) is 19.5 Å². The van der Waals surface area contributed by atoms with Gasteiger partial charge in [-0.1, -0.05) is 47.6 Å². The van der Waals surface area contributed by atoms with Crippen molar-refractivity contribution in [3.8, 4) is 0 Å². The third kappa shape index (κ3) is 4.02. The molecule has 8 heteroatoms. The standard InChI is InChI=1S/C25H27N5O3/c1-3-18-7-9-19(10-8-18)15-28-11-13-29(14-12-28)22-6-4-5-20-23(22)25(32)30(24(20)31)16-21-17(2)26-33-27-21/h4-10H,3,11-16H2,1-2H3. The highest BCUT2D eigenvalue weighted by Crippen LogP contribution is 2.33. The van der Waals surface area contributed by atoms with Crippen molar-refractivity contribution >= 4 is 17.5 Å². The van der Waals surface area contributed by atoms with Crippen molar-refractivity contribution in [2.24, 2.45) is 0 Å². The smallest absolute Gasteiger partial charge is 0.264 e. The van der Waals surface area contributed by atoms with E-state index in [1.54, 1.807) is 13.0 Å². The minimum Gasteiger partial charge on any atom is -0.368 e. The number of carbonyl (C=O) groups is 2. The van der Waals surface area contributed by atoms with Gasteiger partial charge in [0.05, 0.1) is 23.4 Å². The average Bonchev–Trinajstić information content (AvgIpc) is 3.36. The number of aromatic nitrogens is 2. The predicted octanol–water partition coefficient (Wildman–Crippen LogP) is 3.06. The Morgan fingerprint density at radius 1 is 0.879 bits per heavy atom. The van der Waals surface area contributed by atoms with Crippen LogP contribution in [0.3, 0.4) is 0 Å². The van der Waals surface area contributed by atoms with Crippen molar-refractivity contribution in [1.29, 1.82) is 0 Å². The summed E-state index contributed by atoms with van der Waals surface area (Å²) in [6.07, 6.45) is 1.05. The topological polar surface area (TPSA) is 82.8 Å². The molecule has 8 nitrogen and oxygen atoms in total. The number of piperazine rings is 1. The first-order valence-corrected chi connectivity index (χ1v) is 11.4. The summed E-state index contributed by atoms with van der Waals surface area (Å²) in [5, 5.41) is 7.57. The number of amides is 2. The summed E-state index contributed by atoms with van der Waals surface area (Å²) in [4.78, 5) is 32.1. The number of hydrogen-bond acceptors (Lipinski definition) is 7. The van der Waals surface area contributed by atoms with Crippen molar-refractivity contribution in [1.82, 2.24) is 20.1 Å². The summed E-state index contributed by atoms with van der Waals surface area (Å²) in [7, 11) is 0. The summed E-state index contributed by atoms with van der Waals surface area (Å²) in [5.41, 5.74) is 5.50. The molecule has 0 bridgehead atoms. The largest absolute Gasteiger partial charge is 0.368 e. The monoisotopic (exact) mass is 445 g/mol. The molecule has 3 heterocycles. The van der Waals surface area contributed by atoms with E-state index in [-0.39, 0.29) is 18.4 Å². The molecular weight excluding hydrogens is 418 g/mol. The Morgan fingerprint density at radius 2 is 1.61 bits per heavy atom. The Balaban J connectivity index is 1.29. The molecule has 2 aliphatic rings. The second-order valence-electron chi connectivity index (χ2n) is 8.63. The van der Waals surface area contributed by atoms with Gasteiger partial charge in [-0.3, -0.25) is 19.4 Å². The number of aryl methyl sites for hydroxylation is 2. The lowest BCUT2D eigenvalue weighted by Gasteiger charge is -2.36. The Kier molecular flexibility index (Phi) is 5.68. The number of imide groups is 1. The van der Waals surface area contributed by atoms with Crippen LogP contribution in [0.4, 0.5) is 5.69 Å². The van der Waals surface area contributed by atoms with E-state index in [2.05, 4.69) is 51.3 Å². The number of hydrogen-bond donors (Lipinski definition) is 0. The summed E-state index contributed by atoms with van der Waals surface area (Å²) < 4.78 is 4.72. The molecule has 1 saturated heterocycles. The molecule has 3 aromatic rings. The second-order valence-corrected chi connectivity index (χ2v) is 8.63. The zero-order valence-corrected chi connectivity index (χ0v) is 19.0. The number of nitrogens with zero attached hydrogens (tertiary/aromatic N) is 5. The van der Waals surface area contributed by atoms with Gasteiger partial charge in [-0.05, 0) is 36.6 Å². The van der Waals surface area contributed by atoms with Gasteiger partial charge in [0, 0.05) is 32.7 Å². The fraction of sp³-hybridized carbons (Fsp3) is 0.360. The van der Waals surface area contributed by atoms with E-state index in [1.165, 1.54) is 16.0 Å². The van der Waals surface area contributed by atoms with Gasteiger partial charge in [0.25, 0.3) is 11.8 Å². The molecule has 2 amide bonds. The molecule has 0 radical (unpaired) electrons. The first kappa shape index (κ1) is 21.3. The minimum absolute atomic E-state index is 0.0612. The molecular formula is C25H27N5O3. The molecule has 0 atom stereocenters. The van der Waals surface area contributed by atoms with E-state index < -0.39 is 0 Å². The van der Waals surface area contributed by atoms with Gasteiger partial charge < -0.3 is 4.90 Å². The van der Waals surface area contributed by atoms with Gasteiger partial charge in [0.15, 0.2) is 0 Å². The molecule has 0 unspecified atom stereocenters. The SMILES string of the molecule is CCc1ccc(CN2CCN(c3cccc4c3C(=O)N(Cc3nonc3C)C4=O)CC2)cc1. The van der Waals surface area contributed by atoms with Crippen LogP contribution in [0.25, 0.3) is 0 Å². The lowest BCUT2D eigenvalue weighted by atomic mass is 10.1. The molecule has 0 aliphatic carbocycles. The fourth-order valence-electron chi connectivity index (χ4n) is 4.55. The minimum atomic E-state index is -0.298. The summed E-state index contributed by atoms with van der Waals surface area (Å²) in [5.74, 6) is -0.583. The Morgan fingerprint density at radius 3 is 2.27 bits per heavy atom. The van der Waals surface area contributed by atoms with E-state index >= 15 is 0 Å². The molecule has 5 rings (SSSR count). The number of fused-ring (bicyclic) bond motifs is 1. The Bertz CT molecular complexity index is 1180. The van der Waals surface area contributed by atoms with Crippen LogP contribution in [0.1, 0.15) is 50.2 Å². The predicted molar refractivity (Wildman–Crippen MR) is 123 cm³/mol. The number of anilines is 1. The van der Waals surface area contributed by atoms with E-state index in [9.17, 15) is 9.59 Å². The van der Waals surface area contributed by atoms with Crippen LogP contribution in [0.5, 0.6) is 0 Å². The average molecular weight is 446 g/mol. The van der Waals surface area contributed by atoms with Crippen LogP contribution in [0.2, 0.25) is 0 Å².